The summed E-state index contributed by atoms with van der Waals surface area (Å²) in [6.45, 7) is 12.3. The van der Waals surface area contributed by atoms with Crippen LogP contribution in [0.15, 0.2) is 48.5 Å². The molecule has 2 aliphatic heterocycles. The molecule has 2 aliphatic rings. The lowest BCUT2D eigenvalue weighted by Crippen LogP contribution is -2.42. The second-order valence-electron chi connectivity index (χ2n) is 8.69. The molecule has 4 rings (SSSR count). The fraction of sp³-hybridized carbons (Fsp3) is 0.478. The summed E-state index contributed by atoms with van der Waals surface area (Å²) in [5.74, 6) is 0. The molecule has 0 N–H and O–H groups in total. The number of piperazine rings is 1. The number of rotatable bonds is 4. The number of nitrogens with zero attached hydrogens (tertiary/aromatic N) is 3. The van der Waals surface area contributed by atoms with E-state index in [0.717, 1.165) is 39.1 Å². The molecule has 0 aromatic heterocycles. The van der Waals surface area contributed by atoms with E-state index in [4.69, 9.17) is 0 Å². The molecule has 1 fully saturated rings. The quantitative estimate of drug-likeness (QED) is 0.788. The van der Waals surface area contributed by atoms with Gasteiger partial charge in [-0.25, -0.2) is 4.31 Å². The van der Waals surface area contributed by atoms with Gasteiger partial charge in [-0.15, -0.1) is 0 Å². The number of anilines is 2. The first-order valence-electron chi connectivity index (χ1n) is 10.1. The summed E-state index contributed by atoms with van der Waals surface area (Å²) in [4.78, 5) is 5.05. The van der Waals surface area contributed by atoms with Crippen molar-refractivity contribution in [2.45, 2.75) is 38.6 Å². The highest BCUT2D eigenvalue weighted by atomic mass is 32.1. The van der Waals surface area contributed by atoms with Crippen molar-refractivity contribution in [3.8, 4) is 0 Å². The van der Waals surface area contributed by atoms with Crippen LogP contribution >= 0.6 is 12.8 Å². The van der Waals surface area contributed by atoms with Gasteiger partial charge in [-0.3, -0.25) is 0 Å². The third kappa shape index (κ3) is 3.83. The van der Waals surface area contributed by atoms with Crippen molar-refractivity contribution in [3.05, 3.63) is 59.7 Å². The standard InChI is InChI=1S/C23H31N3S/c1-18(26-17-23(2,3)21-6-4-5-7-22(21)26)16-19-8-10-20(11-9-19)24-12-14-25(27)15-13-24/h4-11,18,27H,12-17H2,1-3H3. The summed E-state index contributed by atoms with van der Waals surface area (Å²) in [6, 6.07) is 18.6. The van der Waals surface area contributed by atoms with Gasteiger partial charge in [-0.2, -0.15) is 0 Å². The van der Waals surface area contributed by atoms with E-state index in [9.17, 15) is 0 Å². The van der Waals surface area contributed by atoms with Gasteiger partial charge in [0.25, 0.3) is 0 Å². The third-order valence-corrected chi connectivity index (χ3v) is 6.53. The molecule has 3 nitrogen and oxygen atoms in total. The Labute approximate surface area is 169 Å². The molecular weight excluding hydrogens is 350 g/mol. The van der Waals surface area contributed by atoms with Crippen LogP contribution in [0.5, 0.6) is 0 Å². The largest absolute Gasteiger partial charge is 0.369 e. The Morgan fingerprint density at radius 2 is 1.63 bits per heavy atom. The fourth-order valence-corrected chi connectivity index (χ4v) is 4.71. The van der Waals surface area contributed by atoms with E-state index >= 15 is 0 Å². The minimum absolute atomic E-state index is 0.226. The van der Waals surface area contributed by atoms with E-state index in [1.807, 2.05) is 0 Å². The zero-order valence-electron chi connectivity index (χ0n) is 16.7. The monoisotopic (exact) mass is 381 g/mol. The maximum absolute atomic E-state index is 4.45. The first-order valence-corrected chi connectivity index (χ1v) is 10.5. The molecule has 2 aromatic rings. The molecule has 1 atom stereocenters. The fourth-order valence-electron chi connectivity index (χ4n) is 4.53. The summed E-state index contributed by atoms with van der Waals surface area (Å²) in [5, 5.41) is 0. The number of para-hydroxylation sites is 1. The van der Waals surface area contributed by atoms with E-state index in [1.165, 1.54) is 22.5 Å². The summed E-state index contributed by atoms with van der Waals surface area (Å²) in [6.07, 6.45) is 1.08. The van der Waals surface area contributed by atoms with Crippen molar-refractivity contribution in [1.29, 1.82) is 0 Å². The lowest BCUT2D eigenvalue weighted by atomic mass is 9.87. The first kappa shape index (κ1) is 18.7. The minimum Gasteiger partial charge on any atom is -0.369 e. The Morgan fingerprint density at radius 3 is 2.33 bits per heavy atom. The summed E-state index contributed by atoms with van der Waals surface area (Å²) >= 11 is 4.45. The molecule has 0 radical (unpaired) electrons. The number of hydrogen-bond donors (Lipinski definition) is 1. The first-order chi connectivity index (χ1) is 12.9. The maximum atomic E-state index is 4.45. The van der Waals surface area contributed by atoms with E-state index in [0.29, 0.717) is 6.04 Å². The number of thiol groups is 1. The van der Waals surface area contributed by atoms with Crippen molar-refractivity contribution in [3.63, 3.8) is 0 Å². The SMILES string of the molecule is CC(Cc1ccc(N2CCN(S)CC2)cc1)N1CC(C)(C)c2ccccc21. The highest BCUT2D eigenvalue weighted by Gasteiger charge is 2.36. The smallest absolute Gasteiger partial charge is 0.0407 e. The van der Waals surface area contributed by atoms with E-state index in [-0.39, 0.29) is 5.41 Å². The van der Waals surface area contributed by atoms with E-state index in [2.05, 4.69) is 96.2 Å². The number of fused-ring (bicyclic) bond motifs is 1. The Morgan fingerprint density at radius 1 is 0.963 bits per heavy atom. The van der Waals surface area contributed by atoms with Gasteiger partial charge in [0.1, 0.15) is 0 Å². The average Bonchev–Trinajstić information content (AvgIpc) is 2.95. The molecule has 144 valence electrons. The van der Waals surface area contributed by atoms with Crippen LogP contribution in [-0.4, -0.2) is 43.1 Å². The predicted octanol–water partition coefficient (Wildman–Crippen LogP) is 4.38. The summed E-state index contributed by atoms with van der Waals surface area (Å²) < 4.78 is 2.10. The Balaban J connectivity index is 1.44. The van der Waals surface area contributed by atoms with Crippen LogP contribution in [-0.2, 0) is 11.8 Å². The molecular formula is C23H31N3S. The number of benzene rings is 2. The van der Waals surface area contributed by atoms with Gasteiger partial charge < -0.3 is 9.80 Å². The zero-order chi connectivity index (χ0) is 19.0. The van der Waals surface area contributed by atoms with Crippen molar-refractivity contribution >= 4 is 24.2 Å². The second-order valence-corrected chi connectivity index (χ2v) is 9.25. The van der Waals surface area contributed by atoms with E-state index < -0.39 is 0 Å². The summed E-state index contributed by atoms with van der Waals surface area (Å²) in [7, 11) is 0. The van der Waals surface area contributed by atoms with Gasteiger partial charge in [0.15, 0.2) is 0 Å². The number of hydrogen-bond acceptors (Lipinski definition) is 4. The summed E-state index contributed by atoms with van der Waals surface area (Å²) in [5.41, 5.74) is 5.87. The van der Waals surface area contributed by atoms with Crippen LogP contribution in [0.25, 0.3) is 0 Å². The van der Waals surface area contributed by atoms with Gasteiger partial charge in [0, 0.05) is 55.6 Å². The van der Waals surface area contributed by atoms with Gasteiger partial charge in [-0.05, 0) is 42.7 Å². The topological polar surface area (TPSA) is 9.72 Å². The van der Waals surface area contributed by atoms with Crippen LogP contribution < -0.4 is 9.80 Å². The predicted molar refractivity (Wildman–Crippen MR) is 119 cm³/mol. The highest BCUT2D eigenvalue weighted by Crippen LogP contribution is 2.41. The van der Waals surface area contributed by atoms with Crippen molar-refractivity contribution in [2.24, 2.45) is 0 Å². The average molecular weight is 382 g/mol. The zero-order valence-corrected chi connectivity index (χ0v) is 17.6. The van der Waals surface area contributed by atoms with Crippen LogP contribution in [0.2, 0.25) is 0 Å². The van der Waals surface area contributed by atoms with Gasteiger partial charge >= 0.3 is 0 Å². The molecule has 1 unspecified atom stereocenters. The van der Waals surface area contributed by atoms with Gasteiger partial charge in [0.2, 0.25) is 0 Å². The van der Waals surface area contributed by atoms with Gasteiger partial charge in [0.05, 0.1) is 0 Å². The van der Waals surface area contributed by atoms with Crippen molar-refractivity contribution in [2.75, 3.05) is 42.5 Å². The van der Waals surface area contributed by atoms with Crippen molar-refractivity contribution in [1.82, 2.24) is 4.31 Å². The molecule has 0 aliphatic carbocycles. The molecule has 0 amide bonds. The van der Waals surface area contributed by atoms with Crippen LogP contribution in [0, 0.1) is 0 Å². The maximum Gasteiger partial charge on any atom is 0.0407 e. The molecule has 2 aromatic carbocycles. The second kappa shape index (κ2) is 7.40. The van der Waals surface area contributed by atoms with Crippen LogP contribution in [0.1, 0.15) is 31.9 Å². The molecule has 0 spiro atoms. The molecule has 4 heteroatoms. The Bertz CT molecular complexity index is 778. The molecule has 2 heterocycles. The van der Waals surface area contributed by atoms with Crippen LogP contribution in [0.3, 0.4) is 0 Å². The van der Waals surface area contributed by atoms with Crippen LogP contribution in [0.4, 0.5) is 11.4 Å². The lowest BCUT2D eigenvalue weighted by Gasteiger charge is -2.33. The molecule has 1 saturated heterocycles. The third-order valence-electron chi connectivity index (χ3n) is 6.13. The molecule has 0 saturated carbocycles. The van der Waals surface area contributed by atoms with Gasteiger partial charge in [-0.1, -0.05) is 57.0 Å². The normalized spacial score (nSPS) is 20.6. The van der Waals surface area contributed by atoms with E-state index in [1.54, 1.807) is 0 Å². The highest BCUT2D eigenvalue weighted by molar-refractivity contribution is 7.77. The van der Waals surface area contributed by atoms with Crippen molar-refractivity contribution < 1.29 is 0 Å². The molecule has 0 bridgehead atoms. The Hall–Kier alpha value is -1.65. The molecule has 27 heavy (non-hydrogen) atoms. The Kier molecular flexibility index (Phi) is 5.13. The lowest BCUT2D eigenvalue weighted by molar-refractivity contribution is 0.434. The minimum atomic E-state index is 0.226.